The molecular formula is C15H19N3O3. The molecule has 0 spiro atoms. The van der Waals surface area contributed by atoms with E-state index in [0.29, 0.717) is 0 Å². The van der Waals surface area contributed by atoms with Crippen molar-refractivity contribution in [3.63, 3.8) is 0 Å². The summed E-state index contributed by atoms with van der Waals surface area (Å²) in [5.41, 5.74) is 1.89. The van der Waals surface area contributed by atoms with E-state index in [1.165, 1.54) is 15.8 Å². The number of carbonyl (C=O) groups excluding carboxylic acids is 1. The minimum absolute atomic E-state index is 0.0168. The Bertz CT molecular complexity index is 637. The van der Waals surface area contributed by atoms with Crippen LogP contribution in [0.1, 0.15) is 23.0 Å². The summed E-state index contributed by atoms with van der Waals surface area (Å²) in [6.45, 7) is 2.09. The molecule has 112 valence electrons. The second kappa shape index (κ2) is 6.41. The van der Waals surface area contributed by atoms with Crippen molar-refractivity contribution in [2.24, 2.45) is 0 Å². The van der Waals surface area contributed by atoms with Crippen LogP contribution >= 0.6 is 0 Å². The van der Waals surface area contributed by atoms with Crippen molar-refractivity contribution in [3.8, 4) is 11.4 Å². The summed E-state index contributed by atoms with van der Waals surface area (Å²) in [4.78, 5) is 13.5. The van der Waals surface area contributed by atoms with Crippen LogP contribution in [0.5, 0.6) is 5.75 Å². The Hall–Kier alpha value is -2.34. The van der Waals surface area contributed by atoms with Crippen molar-refractivity contribution in [1.29, 1.82) is 0 Å². The van der Waals surface area contributed by atoms with E-state index in [-0.39, 0.29) is 24.6 Å². The van der Waals surface area contributed by atoms with Gasteiger partial charge >= 0.3 is 0 Å². The van der Waals surface area contributed by atoms with Crippen LogP contribution in [0.4, 0.5) is 0 Å². The Morgan fingerprint density at radius 3 is 2.76 bits per heavy atom. The molecule has 21 heavy (non-hydrogen) atoms. The van der Waals surface area contributed by atoms with Gasteiger partial charge in [-0.2, -0.15) is 5.10 Å². The summed E-state index contributed by atoms with van der Waals surface area (Å²) in [7, 11) is 1.55. The van der Waals surface area contributed by atoms with Gasteiger partial charge < -0.3 is 15.1 Å². The first kappa shape index (κ1) is 15.1. The van der Waals surface area contributed by atoms with Gasteiger partial charge in [-0.3, -0.25) is 4.79 Å². The standard InChI is InChI=1S/C15H19N3O3/c1-3-11-6-4-5-7-12(11)18-10-13(20)14(16-18)15(21)17(2)8-9-19/h4-7,10,19-20H,3,8-9H2,1-2H3. The van der Waals surface area contributed by atoms with Crippen molar-refractivity contribution in [3.05, 3.63) is 41.7 Å². The van der Waals surface area contributed by atoms with Crippen LogP contribution in [-0.4, -0.2) is 51.0 Å². The molecule has 0 aliphatic rings. The largest absolute Gasteiger partial charge is 0.504 e. The fourth-order valence-corrected chi connectivity index (χ4v) is 2.11. The smallest absolute Gasteiger partial charge is 0.278 e. The SMILES string of the molecule is CCc1ccccc1-n1cc(O)c(C(=O)N(C)CCO)n1. The number of benzene rings is 1. The van der Waals surface area contributed by atoms with Crippen molar-refractivity contribution >= 4 is 5.91 Å². The normalized spacial score (nSPS) is 10.6. The van der Waals surface area contributed by atoms with Gasteiger partial charge in [0.1, 0.15) is 0 Å². The van der Waals surface area contributed by atoms with Crippen molar-refractivity contribution in [2.75, 3.05) is 20.2 Å². The van der Waals surface area contributed by atoms with E-state index >= 15 is 0 Å². The molecular weight excluding hydrogens is 270 g/mol. The zero-order valence-electron chi connectivity index (χ0n) is 12.2. The molecule has 0 saturated heterocycles. The fourth-order valence-electron chi connectivity index (χ4n) is 2.11. The lowest BCUT2D eigenvalue weighted by molar-refractivity contribution is 0.0758. The van der Waals surface area contributed by atoms with Gasteiger partial charge in [0.25, 0.3) is 5.91 Å². The average molecular weight is 289 g/mol. The van der Waals surface area contributed by atoms with Crippen LogP contribution in [-0.2, 0) is 6.42 Å². The fraction of sp³-hybridized carbons (Fsp3) is 0.333. The van der Waals surface area contributed by atoms with Crippen molar-refractivity contribution in [1.82, 2.24) is 14.7 Å². The zero-order chi connectivity index (χ0) is 15.4. The summed E-state index contributed by atoms with van der Waals surface area (Å²) in [5, 5.41) is 23.0. The van der Waals surface area contributed by atoms with Crippen LogP contribution < -0.4 is 0 Å². The predicted molar refractivity (Wildman–Crippen MR) is 78.7 cm³/mol. The van der Waals surface area contributed by atoms with Gasteiger partial charge in [-0.25, -0.2) is 4.68 Å². The van der Waals surface area contributed by atoms with Crippen LogP contribution in [0.2, 0.25) is 0 Å². The van der Waals surface area contributed by atoms with Gasteiger partial charge in [0.15, 0.2) is 11.4 Å². The van der Waals surface area contributed by atoms with E-state index in [4.69, 9.17) is 5.11 Å². The second-order valence-corrected chi connectivity index (χ2v) is 4.74. The second-order valence-electron chi connectivity index (χ2n) is 4.74. The zero-order valence-corrected chi connectivity index (χ0v) is 12.2. The highest BCUT2D eigenvalue weighted by atomic mass is 16.3. The molecule has 0 saturated carbocycles. The van der Waals surface area contributed by atoms with Gasteiger partial charge in [0.2, 0.25) is 0 Å². The van der Waals surface area contributed by atoms with Crippen LogP contribution in [0.25, 0.3) is 5.69 Å². The topological polar surface area (TPSA) is 78.6 Å². The maximum Gasteiger partial charge on any atom is 0.278 e. The maximum absolute atomic E-state index is 12.1. The average Bonchev–Trinajstić information content (AvgIpc) is 2.88. The molecule has 6 heteroatoms. The molecule has 6 nitrogen and oxygen atoms in total. The predicted octanol–water partition coefficient (Wildman–Crippen LogP) is 1.20. The minimum atomic E-state index is -0.422. The number of likely N-dealkylation sites (N-methyl/N-ethyl adjacent to an activating group) is 1. The van der Waals surface area contributed by atoms with Crippen LogP contribution in [0.3, 0.4) is 0 Å². The van der Waals surface area contributed by atoms with E-state index < -0.39 is 5.91 Å². The summed E-state index contributed by atoms with van der Waals surface area (Å²) >= 11 is 0. The quantitative estimate of drug-likeness (QED) is 0.867. The van der Waals surface area contributed by atoms with E-state index in [1.807, 2.05) is 31.2 Å². The molecule has 0 bridgehead atoms. The number of hydrogen-bond donors (Lipinski definition) is 2. The lowest BCUT2D eigenvalue weighted by atomic mass is 10.1. The van der Waals surface area contributed by atoms with Crippen LogP contribution in [0, 0.1) is 0 Å². The molecule has 1 aromatic carbocycles. The van der Waals surface area contributed by atoms with Crippen LogP contribution in [0.15, 0.2) is 30.5 Å². The molecule has 0 aliphatic heterocycles. The Kier molecular flexibility index (Phi) is 4.59. The number of aliphatic hydroxyl groups is 1. The molecule has 0 unspecified atom stereocenters. The number of para-hydroxylation sites is 1. The lowest BCUT2D eigenvalue weighted by Crippen LogP contribution is -2.30. The number of aromatic hydroxyl groups is 1. The Labute approximate surface area is 123 Å². The molecule has 0 atom stereocenters. The Balaban J connectivity index is 2.37. The molecule has 1 heterocycles. The minimum Gasteiger partial charge on any atom is -0.504 e. The van der Waals surface area contributed by atoms with Gasteiger partial charge in [-0.05, 0) is 18.1 Å². The monoisotopic (exact) mass is 289 g/mol. The highest BCUT2D eigenvalue weighted by Gasteiger charge is 2.20. The number of aliphatic hydroxyl groups excluding tert-OH is 1. The number of nitrogens with zero attached hydrogens (tertiary/aromatic N) is 3. The van der Waals surface area contributed by atoms with Gasteiger partial charge in [-0.1, -0.05) is 25.1 Å². The number of amides is 1. The van der Waals surface area contributed by atoms with Crippen molar-refractivity contribution < 1.29 is 15.0 Å². The summed E-state index contributed by atoms with van der Waals surface area (Å²) in [6.07, 6.45) is 2.25. The molecule has 0 aliphatic carbocycles. The molecule has 1 amide bonds. The third-order valence-corrected chi connectivity index (χ3v) is 3.30. The van der Waals surface area contributed by atoms with Crippen molar-refractivity contribution in [2.45, 2.75) is 13.3 Å². The number of aromatic nitrogens is 2. The van der Waals surface area contributed by atoms with E-state index in [0.717, 1.165) is 17.7 Å². The molecule has 2 N–H and O–H groups in total. The van der Waals surface area contributed by atoms with E-state index in [1.54, 1.807) is 7.05 Å². The first-order valence-electron chi connectivity index (χ1n) is 6.81. The molecule has 0 radical (unpaired) electrons. The van der Waals surface area contributed by atoms with E-state index in [2.05, 4.69) is 5.10 Å². The summed E-state index contributed by atoms with van der Waals surface area (Å²) < 4.78 is 1.51. The highest BCUT2D eigenvalue weighted by molar-refractivity contribution is 5.94. The molecule has 2 aromatic rings. The molecule has 1 aromatic heterocycles. The van der Waals surface area contributed by atoms with Gasteiger partial charge in [0.05, 0.1) is 18.5 Å². The molecule has 2 rings (SSSR count). The number of hydrogen-bond acceptors (Lipinski definition) is 4. The lowest BCUT2D eigenvalue weighted by Gasteiger charge is -2.13. The number of rotatable bonds is 5. The number of carbonyl (C=O) groups is 1. The maximum atomic E-state index is 12.1. The summed E-state index contributed by atoms with van der Waals surface area (Å²) in [6, 6.07) is 7.68. The third-order valence-electron chi connectivity index (χ3n) is 3.30. The Morgan fingerprint density at radius 2 is 2.10 bits per heavy atom. The summed E-state index contributed by atoms with van der Waals surface area (Å²) in [5.74, 6) is -0.593. The first-order chi connectivity index (χ1) is 10.1. The van der Waals surface area contributed by atoms with E-state index in [9.17, 15) is 9.90 Å². The molecule has 0 fully saturated rings. The highest BCUT2D eigenvalue weighted by Crippen LogP contribution is 2.21. The third kappa shape index (κ3) is 3.05. The van der Waals surface area contributed by atoms with Gasteiger partial charge in [0, 0.05) is 13.6 Å². The first-order valence-corrected chi connectivity index (χ1v) is 6.81. The Morgan fingerprint density at radius 1 is 1.38 bits per heavy atom. The van der Waals surface area contributed by atoms with Gasteiger partial charge in [-0.15, -0.1) is 0 Å². The number of aryl methyl sites for hydroxylation is 1.